The van der Waals surface area contributed by atoms with Gasteiger partial charge in [-0.05, 0) is 95.8 Å². The van der Waals surface area contributed by atoms with Gasteiger partial charge in [-0.3, -0.25) is 9.59 Å². The minimum atomic E-state index is -0.605. The van der Waals surface area contributed by atoms with Crippen LogP contribution in [0.4, 0.5) is 0 Å². The molecule has 6 aromatic carbocycles. The summed E-state index contributed by atoms with van der Waals surface area (Å²) in [4.78, 5) is 36.4. The number of hydrogen-bond donors (Lipinski definition) is 2. The average molecular weight is 924 g/mol. The summed E-state index contributed by atoms with van der Waals surface area (Å²) in [6.07, 6.45) is 0.350. The van der Waals surface area contributed by atoms with Gasteiger partial charge in [-0.2, -0.15) is 0 Å². The van der Waals surface area contributed by atoms with Gasteiger partial charge >= 0.3 is 11.9 Å². The maximum absolute atomic E-state index is 14.6. The Morgan fingerprint density at radius 3 is 1.29 bits per heavy atom. The molecule has 332 valence electrons. The van der Waals surface area contributed by atoms with Gasteiger partial charge in [-0.1, -0.05) is 59.6 Å². The number of ether oxygens (including phenoxy) is 8. The molecule has 0 spiro atoms. The molecular weight excluding hydrogens is 883 g/mol. The Morgan fingerprint density at radius 2 is 0.894 bits per heavy atom. The Labute approximate surface area is 388 Å². The van der Waals surface area contributed by atoms with E-state index in [1.807, 2.05) is 97.1 Å². The van der Waals surface area contributed by atoms with Gasteiger partial charge in [0.2, 0.25) is 13.6 Å². The molecule has 11 rings (SSSR count). The van der Waals surface area contributed by atoms with E-state index < -0.39 is 23.8 Å². The summed E-state index contributed by atoms with van der Waals surface area (Å²) < 4.78 is 47.6. The predicted octanol–water partition coefficient (Wildman–Crippen LogP) is 11.2. The summed E-state index contributed by atoms with van der Waals surface area (Å²) in [5.74, 6) is 1.54. The SMILES string of the molecule is COc1ccc([C@H]2c3cc4c(cc3OC(=O)CCc3c([nH]c5cccc(Cl)c35)[C@@H](c3ccc(OC)cc3)c3cc5c(cc3OC(=O)CCc3c2[nH]c2cccc(Cl)c32)OCO5)OCO4)cc1. The number of hydrogen-bond acceptors (Lipinski definition) is 10. The number of nitrogens with one attached hydrogen (secondary N) is 2. The van der Waals surface area contributed by atoms with Crippen LogP contribution in [0.1, 0.15) is 69.4 Å². The topological polar surface area (TPSA) is 140 Å². The molecule has 0 saturated carbocycles. The Hall–Kier alpha value is -7.28. The average Bonchev–Trinajstić information content (AvgIpc) is 4.14. The molecule has 0 saturated heterocycles. The fourth-order valence-corrected chi connectivity index (χ4v) is 10.1. The van der Waals surface area contributed by atoms with E-state index in [4.69, 9.17) is 61.1 Å². The van der Waals surface area contributed by atoms with E-state index in [9.17, 15) is 9.59 Å². The number of carbonyl (C=O) groups is 2. The van der Waals surface area contributed by atoms with Crippen molar-refractivity contribution < 1.29 is 47.5 Å². The molecule has 0 unspecified atom stereocenters. The van der Waals surface area contributed by atoms with Crippen LogP contribution in [-0.2, 0) is 22.4 Å². The van der Waals surface area contributed by atoms with Crippen molar-refractivity contribution in [3.05, 3.63) is 164 Å². The van der Waals surface area contributed by atoms with Crippen LogP contribution in [0.25, 0.3) is 21.8 Å². The first-order valence-electron chi connectivity index (χ1n) is 21.4. The molecule has 0 fully saturated rings. The summed E-state index contributed by atoms with van der Waals surface area (Å²) >= 11 is 14.1. The van der Waals surface area contributed by atoms with Crippen molar-refractivity contribution in [3.63, 3.8) is 0 Å². The molecule has 14 heteroatoms. The highest BCUT2D eigenvalue weighted by molar-refractivity contribution is 6.36. The number of aromatic nitrogens is 2. The van der Waals surface area contributed by atoms with Crippen LogP contribution in [0.5, 0.6) is 46.0 Å². The monoisotopic (exact) mass is 922 g/mol. The van der Waals surface area contributed by atoms with Crippen molar-refractivity contribution in [3.8, 4) is 46.0 Å². The zero-order valence-electron chi connectivity index (χ0n) is 35.6. The van der Waals surface area contributed by atoms with Crippen molar-refractivity contribution in [1.29, 1.82) is 0 Å². The van der Waals surface area contributed by atoms with Crippen LogP contribution in [-0.4, -0.2) is 49.7 Å². The molecule has 5 heterocycles. The van der Waals surface area contributed by atoms with Gasteiger partial charge < -0.3 is 47.9 Å². The van der Waals surface area contributed by atoms with E-state index in [0.717, 1.165) is 55.4 Å². The van der Waals surface area contributed by atoms with E-state index in [0.29, 0.717) is 55.7 Å². The second-order valence-corrected chi connectivity index (χ2v) is 17.0. The Bertz CT molecular complexity index is 3000. The zero-order chi connectivity index (χ0) is 45.1. The normalized spacial score (nSPS) is 16.9. The molecule has 0 bridgehead atoms. The quantitative estimate of drug-likeness (QED) is 0.129. The van der Waals surface area contributed by atoms with Crippen molar-refractivity contribution in [2.45, 2.75) is 37.5 Å². The first-order valence-corrected chi connectivity index (χ1v) is 22.1. The Balaban J connectivity index is 1.14. The largest absolute Gasteiger partial charge is 0.497 e. The molecule has 2 N–H and O–H groups in total. The molecule has 8 aromatic rings. The number of halogens is 2. The lowest BCUT2D eigenvalue weighted by Gasteiger charge is -2.24. The van der Waals surface area contributed by atoms with Gasteiger partial charge in [-0.25, -0.2) is 0 Å². The van der Waals surface area contributed by atoms with Crippen molar-refractivity contribution >= 4 is 56.9 Å². The molecule has 0 aliphatic carbocycles. The third-order valence-corrected chi connectivity index (χ3v) is 13.2. The standard InChI is InChI=1S/C52H40Cl2N2O10/c1-59-29-13-9-27(10-14-29)47-33-21-41-43(63-25-61-41)23-39(33)65-45(57)20-18-32-50-36(54)6-4-8-38(50)56-52(32)48(28-11-15-30(60-2)16-12-28)34-22-42-44(64-26-62-42)24-40(34)66-46(58)19-17-31-49-35(53)5-3-7-37(49)55-51(31)47/h3-16,21-24,47-48,55-56H,17-20,25-26H2,1-2H3/t47-,48-/m0/s1. The number of benzene rings is 6. The molecule has 66 heavy (non-hydrogen) atoms. The molecule has 0 amide bonds. The molecule has 3 aliphatic rings. The highest BCUT2D eigenvalue weighted by Crippen LogP contribution is 2.50. The van der Waals surface area contributed by atoms with E-state index in [-0.39, 0.29) is 50.8 Å². The number of carbonyl (C=O) groups excluding carboxylic acids is 2. The first kappa shape index (κ1) is 41.4. The number of aryl methyl sites for hydroxylation is 2. The lowest BCUT2D eigenvalue weighted by atomic mass is 9.84. The van der Waals surface area contributed by atoms with E-state index in [1.165, 1.54) is 0 Å². The van der Waals surface area contributed by atoms with Crippen LogP contribution >= 0.6 is 23.2 Å². The molecule has 2 aromatic heterocycles. The molecular formula is C52H40Cl2N2O10. The number of esters is 2. The van der Waals surface area contributed by atoms with Crippen LogP contribution < -0.4 is 37.9 Å². The minimum Gasteiger partial charge on any atom is -0.497 e. The molecule has 2 atom stereocenters. The fraction of sp³-hybridized carbons (Fsp3) is 0.192. The lowest BCUT2D eigenvalue weighted by molar-refractivity contribution is -0.135. The minimum absolute atomic E-state index is 0.00216. The van der Waals surface area contributed by atoms with Gasteiger partial charge in [-0.15, -0.1) is 0 Å². The van der Waals surface area contributed by atoms with Crippen molar-refractivity contribution in [1.82, 2.24) is 9.97 Å². The fourth-order valence-electron chi connectivity index (χ4n) is 9.50. The molecule has 0 radical (unpaired) electrons. The lowest BCUT2D eigenvalue weighted by Crippen LogP contribution is -2.16. The van der Waals surface area contributed by atoms with Gasteiger partial charge in [0, 0.05) is 56.5 Å². The second-order valence-electron chi connectivity index (χ2n) is 16.2. The summed E-state index contributed by atoms with van der Waals surface area (Å²) in [7, 11) is 3.22. The van der Waals surface area contributed by atoms with Crippen LogP contribution in [0, 0.1) is 0 Å². The summed E-state index contributed by atoms with van der Waals surface area (Å²) in [5, 5.41) is 2.51. The summed E-state index contributed by atoms with van der Waals surface area (Å²) in [5.41, 5.74) is 7.45. The van der Waals surface area contributed by atoms with Crippen molar-refractivity contribution in [2.24, 2.45) is 0 Å². The highest BCUT2D eigenvalue weighted by atomic mass is 35.5. The highest BCUT2D eigenvalue weighted by Gasteiger charge is 2.34. The molecule has 12 nitrogen and oxygen atoms in total. The summed E-state index contributed by atoms with van der Waals surface area (Å²) in [6, 6.07) is 33.7. The Kier molecular flexibility index (Phi) is 10.6. The molecule has 3 aliphatic heterocycles. The van der Waals surface area contributed by atoms with Crippen LogP contribution in [0.3, 0.4) is 0 Å². The van der Waals surface area contributed by atoms with Gasteiger partial charge in [0.25, 0.3) is 0 Å². The third kappa shape index (κ3) is 7.36. The van der Waals surface area contributed by atoms with Crippen LogP contribution in [0.2, 0.25) is 10.0 Å². The van der Waals surface area contributed by atoms with Gasteiger partial charge in [0.15, 0.2) is 23.0 Å². The van der Waals surface area contributed by atoms with E-state index in [1.54, 1.807) is 26.4 Å². The first-order chi connectivity index (χ1) is 32.2. The predicted molar refractivity (Wildman–Crippen MR) is 248 cm³/mol. The van der Waals surface area contributed by atoms with Crippen LogP contribution in [0.15, 0.2) is 109 Å². The number of methoxy groups -OCH3 is 2. The van der Waals surface area contributed by atoms with Gasteiger partial charge in [0.05, 0.1) is 48.9 Å². The second kappa shape index (κ2) is 16.9. The summed E-state index contributed by atoms with van der Waals surface area (Å²) in [6.45, 7) is -0.00432. The van der Waals surface area contributed by atoms with E-state index in [2.05, 4.69) is 9.97 Å². The Morgan fingerprint density at radius 1 is 0.500 bits per heavy atom. The maximum Gasteiger partial charge on any atom is 0.311 e. The third-order valence-electron chi connectivity index (χ3n) is 12.5. The van der Waals surface area contributed by atoms with E-state index >= 15 is 0 Å². The number of H-pyrrole nitrogens is 2. The number of aromatic amines is 2. The van der Waals surface area contributed by atoms with Crippen molar-refractivity contribution in [2.75, 3.05) is 27.8 Å². The van der Waals surface area contributed by atoms with Gasteiger partial charge in [0.1, 0.15) is 23.0 Å². The smallest absolute Gasteiger partial charge is 0.311 e. The number of rotatable bonds is 4. The zero-order valence-corrected chi connectivity index (χ0v) is 37.1. The number of fused-ring (bicyclic) bond motifs is 10. The maximum atomic E-state index is 14.6.